The summed E-state index contributed by atoms with van der Waals surface area (Å²) in [6.45, 7) is 9.76. The van der Waals surface area contributed by atoms with E-state index in [0.717, 1.165) is 5.56 Å². The van der Waals surface area contributed by atoms with Gasteiger partial charge in [-0.2, -0.15) is 5.26 Å². The van der Waals surface area contributed by atoms with E-state index in [2.05, 4.69) is 15.6 Å². The predicted molar refractivity (Wildman–Crippen MR) is 111 cm³/mol. The van der Waals surface area contributed by atoms with E-state index >= 15 is 0 Å². The van der Waals surface area contributed by atoms with Crippen molar-refractivity contribution in [2.24, 2.45) is 5.92 Å². The molecular weight excluding hydrogens is 371 g/mol. The minimum Gasteiger partial charge on any atom is -0.459 e. The molecule has 2 amide bonds. The Labute approximate surface area is 169 Å². The molecular formula is C22H25FN4O2. The Balaban J connectivity index is 0.00000145. The van der Waals surface area contributed by atoms with Crippen LogP contribution in [0.25, 0.3) is 11.0 Å². The number of hydrogen-bond donors (Lipinski definition) is 2. The Morgan fingerprint density at radius 3 is 2.62 bits per heavy atom. The minimum atomic E-state index is -0.435. The highest BCUT2D eigenvalue weighted by Crippen LogP contribution is 2.33. The summed E-state index contributed by atoms with van der Waals surface area (Å²) >= 11 is 0. The molecule has 29 heavy (non-hydrogen) atoms. The number of pyridine rings is 1. The number of amides is 2. The van der Waals surface area contributed by atoms with Crippen LogP contribution in [-0.2, 0) is 0 Å². The van der Waals surface area contributed by atoms with Crippen LogP contribution in [0, 0.1) is 30.0 Å². The van der Waals surface area contributed by atoms with E-state index in [1.807, 2.05) is 40.7 Å². The number of rotatable bonds is 4. The second-order valence-corrected chi connectivity index (χ2v) is 6.59. The summed E-state index contributed by atoms with van der Waals surface area (Å²) in [6.07, 6.45) is 1.45. The molecule has 0 aliphatic carbocycles. The SMILES string of the molecule is CC.Cc1c(C(NC(=O)Nc2ccnc(C#N)c2)C(C)C)oc2ccc(F)cc12. The van der Waals surface area contributed by atoms with Crippen LogP contribution in [0.5, 0.6) is 0 Å². The standard InChI is InChI=1S/C20H19FN4O2.C2H6/c1-11(2)18(19-12(3)16-8-13(21)4-5-17(16)27-19)25-20(26)24-14-6-7-23-15(9-14)10-22;1-2/h4-9,11,18H,1-3H3,(H2,23,24,25,26);1-2H3. The molecule has 1 unspecified atom stereocenters. The van der Waals surface area contributed by atoms with Crippen molar-refractivity contribution in [1.82, 2.24) is 10.3 Å². The fourth-order valence-electron chi connectivity index (χ4n) is 2.92. The zero-order valence-electron chi connectivity index (χ0n) is 17.2. The molecule has 3 rings (SSSR count). The maximum absolute atomic E-state index is 13.6. The Morgan fingerprint density at radius 1 is 1.24 bits per heavy atom. The van der Waals surface area contributed by atoms with Gasteiger partial charge in [-0.3, -0.25) is 0 Å². The van der Waals surface area contributed by atoms with Crippen LogP contribution in [-0.4, -0.2) is 11.0 Å². The lowest BCUT2D eigenvalue weighted by Gasteiger charge is -2.21. The van der Waals surface area contributed by atoms with Crippen molar-refractivity contribution in [3.63, 3.8) is 0 Å². The van der Waals surface area contributed by atoms with Gasteiger partial charge in [0, 0.05) is 22.8 Å². The van der Waals surface area contributed by atoms with Gasteiger partial charge in [0.05, 0.1) is 6.04 Å². The molecule has 2 N–H and O–H groups in total. The highest BCUT2D eigenvalue weighted by atomic mass is 19.1. The number of nitriles is 1. The van der Waals surface area contributed by atoms with E-state index in [1.165, 1.54) is 24.4 Å². The molecule has 0 bridgehead atoms. The van der Waals surface area contributed by atoms with Gasteiger partial charge in [0.15, 0.2) is 0 Å². The second kappa shape index (κ2) is 9.69. The largest absolute Gasteiger partial charge is 0.459 e. The van der Waals surface area contributed by atoms with Gasteiger partial charge in [0.2, 0.25) is 0 Å². The van der Waals surface area contributed by atoms with Crippen LogP contribution in [0.15, 0.2) is 40.9 Å². The van der Waals surface area contributed by atoms with Gasteiger partial charge in [-0.05, 0) is 43.2 Å². The summed E-state index contributed by atoms with van der Waals surface area (Å²) in [5.41, 5.74) is 2.04. The number of fused-ring (bicyclic) bond motifs is 1. The Bertz CT molecular complexity index is 1040. The van der Waals surface area contributed by atoms with E-state index in [1.54, 1.807) is 12.1 Å². The van der Waals surface area contributed by atoms with Crippen LogP contribution in [0.2, 0.25) is 0 Å². The van der Waals surface area contributed by atoms with Crippen molar-refractivity contribution in [2.45, 2.75) is 40.7 Å². The zero-order chi connectivity index (χ0) is 21.6. The smallest absolute Gasteiger partial charge is 0.319 e. The van der Waals surface area contributed by atoms with Gasteiger partial charge in [-0.15, -0.1) is 0 Å². The molecule has 1 aromatic carbocycles. The number of anilines is 1. The van der Waals surface area contributed by atoms with Crippen molar-refractivity contribution in [3.05, 3.63) is 59.4 Å². The number of nitrogens with one attached hydrogen (secondary N) is 2. The average molecular weight is 396 g/mol. The zero-order valence-corrected chi connectivity index (χ0v) is 17.2. The first-order valence-electron chi connectivity index (χ1n) is 9.51. The van der Waals surface area contributed by atoms with Gasteiger partial charge >= 0.3 is 6.03 Å². The fraction of sp³-hybridized carbons (Fsp3) is 0.318. The molecule has 6 nitrogen and oxygen atoms in total. The van der Waals surface area contributed by atoms with Crippen LogP contribution < -0.4 is 10.6 Å². The number of aryl methyl sites for hydroxylation is 1. The molecule has 0 spiro atoms. The lowest BCUT2D eigenvalue weighted by atomic mass is 9.98. The molecule has 152 valence electrons. The predicted octanol–water partition coefficient (Wildman–Crippen LogP) is 5.69. The molecule has 3 aromatic rings. The fourth-order valence-corrected chi connectivity index (χ4v) is 2.92. The highest BCUT2D eigenvalue weighted by molar-refractivity contribution is 5.90. The lowest BCUT2D eigenvalue weighted by molar-refractivity contribution is 0.241. The molecule has 0 aliphatic heterocycles. The number of carbonyl (C=O) groups is 1. The number of aromatic nitrogens is 1. The summed E-state index contributed by atoms with van der Waals surface area (Å²) in [5.74, 6) is 0.288. The first-order chi connectivity index (χ1) is 13.9. The summed E-state index contributed by atoms with van der Waals surface area (Å²) in [4.78, 5) is 16.3. The van der Waals surface area contributed by atoms with Crippen molar-refractivity contribution >= 4 is 22.7 Å². The number of urea groups is 1. The van der Waals surface area contributed by atoms with Gasteiger partial charge in [0.25, 0.3) is 0 Å². The minimum absolute atomic E-state index is 0.0342. The van der Waals surface area contributed by atoms with Crippen molar-refractivity contribution in [2.75, 3.05) is 5.32 Å². The number of carbonyl (C=O) groups excluding carboxylic acids is 1. The van der Waals surface area contributed by atoms with Crippen LogP contribution in [0.4, 0.5) is 14.9 Å². The number of nitrogens with zero attached hydrogens (tertiary/aromatic N) is 2. The topological polar surface area (TPSA) is 91.0 Å². The molecule has 0 radical (unpaired) electrons. The van der Waals surface area contributed by atoms with E-state index in [4.69, 9.17) is 9.68 Å². The van der Waals surface area contributed by atoms with E-state index in [-0.39, 0.29) is 17.4 Å². The maximum atomic E-state index is 13.6. The van der Waals surface area contributed by atoms with Crippen molar-refractivity contribution < 1.29 is 13.6 Å². The van der Waals surface area contributed by atoms with Gasteiger partial charge in [0.1, 0.15) is 28.9 Å². The van der Waals surface area contributed by atoms with Crippen LogP contribution in [0.3, 0.4) is 0 Å². The molecule has 2 heterocycles. The van der Waals surface area contributed by atoms with Gasteiger partial charge in [-0.25, -0.2) is 14.2 Å². The number of hydrogen-bond acceptors (Lipinski definition) is 4. The van der Waals surface area contributed by atoms with E-state index in [0.29, 0.717) is 22.4 Å². The molecule has 7 heteroatoms. The first-order valence-corrected chi connectivity index (χ1v) is 9.51. The molecule has 2 aromatic heterocycles. The lowest BCUT2D eigenvalue weighted by Crippen LogP contribution is -2.35. The quantitative estimate of drug-likeness (QED) is 0.592. The molecule has 0 saturated carbocycles. The molecule has 0 fully saturated rings. The highest BCUT2D eigenvalue weighted by Gasteiger charge is 2.25. The summed E-state index contributed by atoms with van der Waals surface area (Å²) in [5, 5.41) is 15.2. The third kappa shape index (κ3) is 5.11. The van der Waals surface area contributed by atoms with E-state index < -0.39 is 12.1 Å². The normalized spacial score (nSPS) is 11.4. The number of benzene rings is 1. The van der Waals surface area contributed by atoms with Gasteiger partial charge < -0.3 is 15.1 Å². The number of halogens is 1. The number of furan rings is 1. The summed E-state index contributed by atoms with van der Waals surface area (Å²) < 4.78 is 19.5. The maximum Gasteiger partial charge on any atom is 0.319 e. The third-order valence-electron chi connectivity index (χ3n) is 4.30. The Morgan fingerprint density at radius 2 is 1.97 bits per heavy atom. The van der Waals surface area contributed by atoms with E-state index in [9.17, 15) is 9.18 Å². The Hall–Kier alpha value is -3.40. The van der Waals surface area contributed by atoms with Gasteiger partial charge in [-0.1, -0.05) is 27.7 Å². The van der Waals surface area contributed by atoms with Crippen molar-refractivity contribution in [3.8, 4) is 6.07 Å². The van der Waals surface area contributed by atoms with Crippen LogP contribution in [0.1, 0.15) is 50.8 Å². The second-order valence-electron chi connectivity index (χ2n) is 6.59. The summed E-state index contributed by atoms with van der Waals surface area (Å²) in [7, 11) is 0. The molecule has 0 saturated heterocycles. The molecule has 1 atom stereocenters. The monoisotopic (exact) mass is 396 g/mol. The van der Waals surface area contributed by atoms with Crippen LogP contribution >= 0.6 is 0 Å². The average Bonchev–Trinajstić information content (AvgIpc) is 3.03. The summed E-state index contributed by atoms with van der Waals surface area (Å²) in [6, 6.07) is 8.52. The Kier molecular flexibility index (Phi) is 7.32. The molecule has 0 aliphatic rings. The van der Waals surface area contributed by atoms with Crippen molar-refractivity contribution in [1.29, 1.82) is 5.26 Å². The first kappa shape index (κ1) is 21.9. The third-order valence-corrected chi connectivity index (χ3v) is 4.30.